The molecule has 0 aromatic carbocycles. The van der Waals surface area contributed by atoms with Gasteiger partial charge in [-0.1, -0.05) is 6.07 Å². The fraction of sp³-hybridized carbons (Fsp3) is 0.312. The van der Waals surface area contributed by atoms with Crippen LogP contribution in [0.4, 0.5) is 9.80 Å². The summed E-state index contributed by atoms with van der Waals surface area (Å²) < 4.78 is 4.76. The van der Waals surface area contributed by atoms with Crippen LogP contribution in [-0.2, 0) is 17.6 Å². The fourth-order valence-electron chi connectivity index (χ4n) is 2.63. The first-order valence-electron chi connectivity index (χ1n) is 7.57. The average Bonchev–Trinajstić information content (AvgIpc) is 3.23. The Kier molecular flexibility index (Phi) is 4.96. The number of anilines is 1. The van der Waals surface area contributed by atoms with Gasteiger partial charge >= 0.3 is 6.09 Å². The topological polar surface area (TPSA) is 84.5 Å². The Morgan fingerprint density at radius 2 is 2.08 bits per heavy atom. The van der Waals surface area contributed by atoms with Gasteiger partial charge in [-0.05, 0) is 43.2 Å². The maximum atomic E-state index is 12.5. The number of alkyl carbamates (subject to hydrolysis) is 1. The zero-order valence-corrected chi connectivity index (χ0v) is 14.6. The van der Waals surface area contributed by atoms with Gasteiger partial charge in [0.15, 0.2) is 0 Å². The van der Waals surface area contributed by atoms with E-state index in [9.17, 15) is 14.4 Å². The monoisotopic (exact) mass is 364 g/mol. The van der Waals surface area contributed by atoms with E-state index in [0.717, 1.165) is 29.7 Å². The van der Waals surface area contributed by atoms with Gasteiger partial charge in [0.05, 0.1) is 17.0 Å². The Morgan fingerprint density at radius 1 is 1.25 bits per heavy atom. The molecule has 3 rings (SSSR count). The predicted molar refractivity (Wildman–Crippen MR) is 93.1 cm³/mol. The minimum atomic E-state index is -0.781. The normalized spacial score (nSPS) is 12.5. The van der Waals surface area contributed by atoms with E-state index in [2.05, 4.69) is 10.6 Å². The first-order valence-corrected chi connectivity index (χ1v) is 9.27. The van der Waals surface area contributed by atoms with Gasteiger partial charge in [0.1, 0.15) is 5.00 Å². The number of imide groups is 1. The molecule has 2 aromatic heterocycles. The van der Waals surface area contributed by atoms with Crippen LogP contribution in [0.25, 0.3) is 0 Å². The van der Waals surface area contributed by atoms with Gasteiger partial charge in [0, 0.05) is 4.88 Å². The van der Waals surface area contributed by atoms with Crippen LogP contribution in [0.5, 0.6) is 0 Å². The summed E-state index contributed by atoms with van der Waals surface area (Å²) in [6.07, 6.45) is 1.84. The lowest BCUT2D eigenvalue weighted by atomic mass is 10.1. The smallest absolute Gasteiger partial charge is 0.414 e. The second-order valence-electron chi connectivity index (χ2n) is 5.17. The Bertz CT molecular complexity index is 780. The van der Waals surface area contributed by atoms with Crippen molar-refractivity contribution in [2.24, 2.45) is 0 Å². The Balaban J connectivity index is 1.85. The van der Waals surface area contributed by atoms with Crippen molar-refractivity contribution >= 4 is 45.6 Å². The second-order valence-corrected chi connectivity index (χ2v) is 7.22. The van der Waals surface area contributed by atoms with Crippen LogP contribution < -0.4 is 10.6 Å². The molecular weight excluding hydrogens is 348 g/mol. The summed E-state index contributed by atoms with van der Waals surface area (Å²) in [7, 11) is 0. The van der Waals surface area contributed by atoms with Crippen molar-refractivity contribution in [3.8, 4) is 0 Å². The number of ether oxygens (including phenoxy) is 1. The number of fused-ring (bicyclic) bond motifs is 1. The van der Waals surface area contributed by atoms with Crippen LogP contribution in [0.15, 0.2) is 17.5 Å². The van der Waals surface area contributed by atoms with E-state index in [1.165, 1.54) is 22.7 Å². The van der Waals surface area contributed by atoms with Crippen LogP contribution in [0.1, 0.15) is 43.8 Å². The van der Waals surface area contributed by atoms with E-state index in [-0.39, 0.29) is 12.5 Å². The molecule has 0 saturated carbocycles. The maximum Gasteiger partial charge on any atom is 0.414 e. The predicted octanol–water partition coefficient (Wildman–Crippen LogP) is 3.44. The number of carbonyl (C=O) groups excluding carboxylic acids is 3. The molecule has 1 aliphatic rings. The summed E-state index contributed by atoms with van der Waals surface area (Å²) in [5.41, 5.74) is 1.30. The van der Waals surface area contributed by atoms with Crippen LogP contribution >= 0.6 is 22.7 Å². The number of thiophene rings is 2. The summed E-state index contributed by atoms with van der Waals surface area (Å²) in [4.78, 5) is 38.0. The summed E-state index contributed by atoms with van der Waals surface area (Å²) in [6.45, 7) is 1.85. The van der Waals surface area contributed by atoms with Crippen molar-refractivity contribution in [2.75, 3.05) is 11.9 Å². The molecule has 0 saturated heterocycles. The van der Waals surface area contributed by atoms with Gasteiger partial charge in [0.2, 0.25) is 0 Å². The van der Waals surface area contributed by atoms with E-state index in [1.807, 2.05) is 5.38 Å². The van der Waals surface area contributed by atoms with Crippen molar-refractivity contribution in [2.45, 2.75) is 26.2 Å². The van der Waals surface area contributed by atoms with Crippen LogP contribution in [0, 0.1) is 0 Å². The van der Waals surface area contributed by atoms with Crippen molar-refractivity contribution in [3.05, 3.63) is 38.4 Å². The molecule has 2 N–H and O–H groups in total. The van der Waals surface area contributed by atoms with E-state index >= 15 is 0 Å². The van der Waals surface area contributed by atoms with Gasteiger partial charge in [0.25, 0.3) is 11.8 Å². The molecule has 1 aliphatic carbocycles. The van der Waals surface area contributed by atoms with Crippen molar-refractivity contribution in [3.63, 3.8) is 0 Å². The summed E-state index contributed by atoms with van der Waals surface area (Å²) in [5, 5.41) is 7.33. The van der Waals surface area contributed by atoms with Gasteiger partial charge in [-0.2, -0.15) is 0 Å². The molecule has 24 heavy (non-hydrogen) atoms. The lowest BCUT2D eigenvalue weighted by molar-refractivity contribution is 0.0925. The minimum absolute atomic E-state index is 0.183. The molecule has 2 aromatic rings. The molecule has 0 radical (unpaired) electrons. The minimum Gasteiger partial charge on any atom is -0.450 e. The highest BCUT2D eigenvalue weighted by molar-refractivity contribution is 7.17. The van der Waals surface area contributed by atoms with Crippen LogP contribution in [-0.4, -0.2) is 24.5 Å². The lowest BCUT2D eigenvalue weighted by Gasteiger charge is -2.08. The molecule has 2 heterocycles. The summed E-state index contributed by atoms with van der Waals surface area (Å²) in [5.74, 6) is -0.788. The molecule has 0 fully saturated rings. The first-order chi connectivity index (χ1) is 11.6. The Labute approximate surface area is 146 Å². The zero-order chi connectivity index (χ0) is 17.1. The lowest BCUT2D eigenvalue weighted by Crippen LogP contribution is -2.32. The standard InChI is InChI=1S/C16H16N2O4S2/c1-2-22-16(21)18-14(20)12-9-5-3-6-10(9)24-15(12)17-13(19)11-7-4-8-23-11/h4,7-8H,2-3,5-6H2,1H3,(H,17,19)(H,18,20,21). The quantitative estimate of drug-likeness (QED) is 0.870. The number of aryl methyl sites for hydroxylation is 1. The average molecular weight is 364 g/mol. The third-order valence-corrected chi connectivity index (χ3v) is 5.69. The summed E-state index contributed by atoms with van der Waals surface area (Å²) in [6, 6.07) is 3.52. The highest BCUT2D eigenvalue weighted by Gasteiger charge is 2.28. The highest BCUT2D eigenvalue weighted by Crippen LogP contribution is 2.39. The van der Waals surface area contributed by atoms with E-state index in [0.29, 0.717) is 15.4 Å². The fourth-order valence-corrected chi connectivity index (χ4v) is 4.53. The number of hydrogen-bond donors (Lipinski definition) is 2. The molecule has 0 bridgehead atoms. The molecule has 8 heteroatoms. The molecule has 0 unspecified atom stereocenters. The van der Waals surface area contributed by atoms with Crippen molar-refractivity contribution < 1.29 is 19.1 Å². The second kappa shape index (κ2) is 7.14. The Hall–Kier alpha value is -2.19. The van der Waals surface area contributed by atoms with Crippen LogP contribution in [0.3, 0.4) is 0 Å². The van der Waals surface area contributed by atoms with Crippen LogP contribution in [0.2, 0.25) is 0 Å². The number of nitrogens with one attached hydrogen (secondary N) is 2. The van der Waals surface area contributed by atoms with Crippen molar-refractivity contribution in [1.29, 1.82) is 0 Å². The zero-order valence-electron chi connectivity index (χ0n) is 13.0. The number of amides is 3. The molecule has 3 amide bonds. The van der Waals surface area contributed by atoms with E-state index in [4.69, 9.17) is 4.74 Å². The Morgan fingerprint density at radius 3 is 2.79 bits per heavy atom. The number of hydrogen-bond acceptors (Lipinski definition) is 6. The van der Waals surface area contributed by atoms with Gasteiger partial charge < -0.3 is 10.1 Å². The molecule has 0 aliphatic heterocycles. The molecule has 0 spiro atoms. The van der Waals surface area contributed by atoms with Gasteiger partial charge in [-0.15, -0.1) is 22.7 Å². The van der Waals surface area contributed by atoms with Gasteiger partial charge in [-0.3, -0.25) is 14.9 Å². The third-order valence-electron chi connectivity index (χ3n) is 3.61. The SMILES string of the molecule is CCOC(=O)NC(=O)c1c(NC(=O)c2cccs2)sc2c1CCC2. The van der Waals surface area contributed by atoms with E-state index in [1.54, 1.807) is 19.1 Å². The van der Waals surface area contributed by atoms with E-state index < -0.39 is 12.0 Å². The third kappa shape index (κ3) is 3.34. The molecule has 6 nitrogen and oxygen atoms in total. The molecule has 0 atom stereocenters. The largest absolute Gasteiger partial charge is 0.450 e. The molecular formula is C16H16N2O4S2. The van der Waals surface area contributed by atoms with Crippen molar-refractivity contribution in [1.82, 2.24) is 5.32 Å². The highest BCUT2D eigenvalue weighted by atomic mass is 32.1. The van der Waals surface area contributed by atoms with Gasteiger partial charge in [-0.25, -0.2) is 4.79 Å². The molecule has 126 valence electrons. The number of carbonyl (C=O) groups is 3. The maximum absolute atomic E-state index is 12.5. The first kappa shape index (κ1) is 16.7. The summed E-state index contributed by atoms with van der Waals surface area (Å²) >= 11 is 2.73. The number of rotatable bonds is 4.